The molecule has 4 aliphatic rings. The summed E-state index contributed by atoms with van der Waals surface area (Å²) in [6.45, 7) is 12.5. The van der Waals surface area contributed by atoms with Gasteiger partial charge in [-0.05, 0) is 49.1 Å². The number of Topliss-reactive ketones (excluding diaryl/α,β-unsaturated/α-hetero) is 2. The fourth-order valence-corrected chi connectivity index (χ4v) is 6.68. The zero-order chi connectivity index (χ0) is 33.0. The van der Waals surface area contributed by atoms with Gasteiger partial charge in [-0.2, -0.15) is 0 Å². The number of ketones is 2. The largest absolute Gasteiger partial charge is 0.457 e. The number of carbonyl (C=O) groups excluding carboxylic acids is 3. The molecule has 4 fully saturated rings. The van der Waals surface area contributed by atoms with Crippen LogP contribution in [0.4, 0.5) is 0 Å². The fraction of sp³-hybridized carbons (Fsp3) is 0.897. The Labute approximate surface area is 261 Å². The first-order chi connectivity index (χ1) is 21.4. The van der Waals surface area contributed by atoms with E-state index in [0.29, 0.717) is 6.42 Å². The second-order valence-corrected chi connectivity index (χ2v) is 12.5. The smallest absolute Gasteiger partial charge is 0.306 e. The Morgan fingerprint density at radius 1 is 0.800 bits per heavy atom. The lowest BCUT2D eigenvalue weighted by atomic mass is 9.81. The second-order valence-electron chi connectivity index (χ2n) is 12.5. The highest BCUT2D eigenvalue weighted by Gasteiger charge is 2.55. The third-order valence-corrected chi connectivity index (χ3v) is 9.57. The van der Waals surface area contributed by atoms with E-state index in [9.17, 15) is 19.9 Å². The number of ether oxygens (including phenoxy) is 7. The molecule has 0 aromatic rings. The molecule has 0 radical (unpaired) electrons. The van der Waals surface area contributed by atoms with Gasteiger partial charge in [0, 0.05) is 22.2 Å². The van der Waals surface area contributed by atoms with Gasteiger partial charge in [0.2, 0.25) is 0 Å². The number of azide groups is 2. The number of hydrogen-bond acceptors (Lipinski definition) is 12. The predicted octanol–water partition coefficient (Wildman–Crippen LogP) is 4.14. The van der Waals surface area contributed by atoms with E-state index < -0.39 is 73.4 Å². The van der Waals surface area contributed by atoms with Crippen LogP contribution < -0.4 is 0 Å². The van der Waals surface area contributed by atoms with Gasteiger partial charge in [-0.25, -0.2) is 0 Å². The SMILES string of the molecule is CC[C@@H]1O[C@H](O[C@H]2[C@H](C)C(OC(=O)CCC(C)=O)[C@H](O[C@@H]3C4CO[C@H](O4)C(N=[N+]=[N-])[C@H]3C)O[C@H]2C(C)=O)C(N=[N+]=[N-])[C@@H](C)[C@@H]1C. The molecule has 15 atom stereocenters. The van der Waals surface area contributed by atoms with Gasteiger partial charge in [0.1, 0.15) is 24.1 Å². The summed E-state index contributed by atoms with van der Waals surface area (Å²) in [4.78, 5) is 43.6. The first kappa shape index (κ1) is 35.1. The second kappa shape index (κ2) is 15.2. The van der Waals surface area contributed by atoms with Crippen LogP contribution in [0.25, 0.3) is 20.9 Å². The molecule has 4 heterocycles. The molecule has 16 heteroatoms. The van der Waals surface area contributed by atoms with Crippen molar-refractivity contribution in [3.05, 3.63) is 20.9 Å². The monoisotopic (exact) mass is 636 g/mol. The quantitative estimate of drug-likeness (QED) is 0.129. The maximum Gasteiger partial charge on any atom is 0.306 e. The van der Waals surface area contributed by atoms with E-state index in [1.807, 2.05) is 27.7 Å². The van der Waals surface area contributed by atoms with Crippen molar-refractivity contribution in [3.63, 3.8) is 0 Å². The first-order valence-electron chi connectivity index (χ1n) is 15.6. The van der Waals surface area contributed by atoms with E-state index >= 15 is 0 Å². The molecule has 0 spiro atoms. The summed E-state index contributed by atoms with van der Waals surface area (Å²) in [5.74, 6) is -2.27. The van der Waals surface area contributed by atoms with Crippen LogP contribution in [0.2, 0.25) is 0 Å². The minimum atomic E-state index is -1.25. The van der Waals surface area contributed by atoms with Crippen LogP contribution >= 0.6 is 0 Å². The van der Waals surface area contributed by atoms with Gasteiger partial charge in [-0.3, -0.25) is 9.59 Å². The molecule has 0 aromatic heterocycles. The Morgan fingerprint density at radius 2 is 1.47 bits per heavy atom. The van der Waals surface area contributed by atoms with Gasteiger partial charge >= 0.3 is 5.97 Å². The highest BCUT2D eigenvalue weighted by atomic mass is 16.8. The summed E-state index contributed by atoms with van der Waals surface area (Å²) >= 11 is 0. The lowest BCUT2D eigenvalue weighted by molar-refractivity contribution is -0.336. The predicted molar refractivity (Wildman–Crippen MR) is 155 cm³/mol. The molecule has 4 unspecified atom stereocenters. The van der Waals surface area contributed by atoms with Crippen molar-refractivity contribution in [1.82, 2.24) is 0 Å². The summed E-state index contributed by atoms with van der Waals surface area (Å²) in [5.41, 5.74) is 18.4. The zero-order valence-corrected chi connectivity index (χ0v) is 26.8. The van der Waals surface area contributed by atoms with E-state index in [1.165, 1.54) is 13.8 Å². The van der Waals surface area contributed by atoms with Crippen LogP contribution in [0.5, 0.6) is 0 Å². The van der Waals surface area contributed by atoms with Gasteiger partial charge in [0.15, 0.2) is 30.8 Å². The van der Waals surface area contributed by atoms with Crippen LogP contribution in [0, 0.1) is 23.7 Å². The zero-order valence-electron chi connectivity index (χ0n) is 26.8. The number of hydrogen-bond donors (Lipinski definition) is 0. The number of nitrogens with zero attached hydrogens (tertiary/aromatic N) is 6. The maximum absolute atomic E-state index is 13.1. The minimum absolute atomic E-state index is 0.0112. The lowest BCUT2D eigenvalue weighted by Gasteiger charge is -2.49. The van der Waals surface area contributed by atoms with Crippen molar-refractivity contribution in [2.75, 3.05) is 6.61 Å². The maximum atomic E-state index is 13.1. The molecule has 0 N–H and O–H groups in total. The summed E-state index contributed by atoms with van der Waals surface area (Å²) in [6.07, 6.45) is -7.09. The molecule has 4 saturated heterocycles. The number of fused-ring (bicyclic) bond motifs is 2. The molecule has 0 aromatic carbocycles. The Bertz CT molecular complexity index is 1190. The highest BCUT2D eigenvalue weighted by Crippen LogP contribution is 2.41. The first-order valence-corrected chi connectivity index (χ1v) is 15.6. The Balaban J connectivity index is 1.65. The van der Waals surface area contributed by atoms with Crippen molar-refractivity contribution in [1.29, 1.82) is 0 Å². The van der Waals surface area contributed by atoms with Crippen LogP contribution in [0.3, 0.4) is 0 Å². The van der Waals surface area contributed by atoms with Crippen molar-refractivity contribution in [2.24, 2.45) is 33.9 Å². The van der Waals surface area contributed by atoms with E-state index in [-0.39, 0.29) is 54.9 Å². The Morgan fingerprint density at radius 3 is 2.09 bits per heavy atom. The third kappa shape index (κ3) is 7.61. The molecule has 250 valence electrons. The Kier molecular flexibility index (Phi) is 11.8. The molecule has 0 amide bonds. The molecule has 0 saturated carbocycles. The lowest BCUT2D eigenvalue weighted by Crippen LogP contribution is -2.62. The molecule has 16 nitrogen and oxygen atoms in total. The minimum Gasteiger partial charge on any atom is -0.457 e. The molecular weight excluding hydrogens is 592 g/mol. The number of carbonyl (C=O) groups is 3. The summed E-state index contributed by atoms with van der Waals surface area (Å²) < 4.78 is 42.9. The van der Waals surface area contributed by atoms with E-state index in [4.69, 9.17) is 38.7 Å². The topological polar surface area (TPSA) is 213 Å². The van der Waals surface area contributed by atoms with Gasteiger partial charge in [0.25, 0.3) is 0 Å². The van der Waals surface area contributed by atoms with Crippen molar-refractivity contribution >= 4 is 17.5 Å². The molecule has 4 aliphatic heterocycles. The van der Waals surface area contributed by atoms with E-state index in [2.05, 4.69) is 20.1 Å². The van der Waals surface area contributed by atoms with Crippen LogP contribution in [0.15, 0.2) is 10.2 Å². The van der Waals surface area contributed by atoms with E-state index in [0.717, 1.165) is 0 Å². The third-order valence-electron chi connectivity index (χ3n) is 9.57. The average molecular weight is 637 g/mol. The van der Waals surface area contributed by atoms with Crippen molar-refractivity contribution in [3.8, 4) is 0 Å². The fourth-order valence-electron chi connectivity index (χ4n) is 6.68. The summed E-state index contributed by atoms with van der Waals surface area (Å²) in [5, 5.41) is 7.83. The summed E-state index contributed by atoms with van der Waals surface area (Å²) in [6, 6.07) is -1.38. The normalized spacial score (nSPS) is 42.6. The standard InChI is InChI=1S/C29H44N6O10/c1-8-18-13(3)14(4)21(32-34-30)28(40-18)44-24-16(6)25(42-20(38)10-9-12(2)36)29(45-26(24)17(7)37)43-23-15(5)22(33-35-31)27-39-11-19(23)41-27/h13-16,18-19,21-29H,8-11H2,1-7H3/t13-,14-,15+,16-,18-,19?,21?,22?,23-,24-,25?,26-,27+,28+,29+/m0/s1. The van der Waals surface area contributed by atoms with Gasteiger partial charge in [-0.15, -0.1) is 0 Å². The average Bonchev–Trinajstić information content (AvgIpc) is 3.44. The molecular formula is C29H44N6O10. The van der Waals surface area contributed by atoms with Gasteiger partial charge in [-0.1, -0.05) is 44.8 Å². The molecule has 45 heavy (non-hydrogen) atoms. The highest BCUT2D eigenvalue weighted by molar-refractivity contribution is 5.82. The van der Waals surface area contributed by atoms with Crippen LogP contribution in [-0.2, 0) is 47.5 Å². The summed E-state index contributed by atoms with van der Waals surface area (Å²) in [7, 11) is 0. The molecule has 0 aliphatic carbocycles. The van der Waals surface area contributed by atoms with Crippen LogP contribution in [0.1, 0.15) is 67.7 Å². The van der Waals surface area contributed by atoms with Gasteiger partial charge < -0.3 is 38.0 Å². The molecule has 4 rings (SSSR count). The molecule has 2 bridgehead atoms. The van der Waals surface area contributed by atoms with E-state index in [1.54, 1.807) is 6.92 Å². The number of rotatable bonds is 12. The van der Waals surface area contributed by atoms with Crippen molar-refractivity contribution in [2.45, 2.75) is 135 Å². The number of esters is 1. The van der Waals surface area contributed by atoms with Crippen LogP contribution in [-0.4, -0.2) is 91.7 Å². The Hall–Kier alpha value is -2.81. The van der Waals surface area contributed by atoms with Gasteiger partial charge in [0.05, 0.1) is 37.3 Å². The van der Waals surface area contributed by atoms with Crippen molar-refractivity contribution < 1.29 is 47.5 Å².